The van der Waals surface area contributed by atoms with E-state index in [1.807, 2.05) is 11.8 Å². The first kappa shape index (κ1) is 8.61. The van der Waals surface area contributed by atoms with E-state index in [1.165, 1.54) is 31.4 Å². The summed E-state index contributed by atoms with van der Waals surface area (Å²) >= 11 is 2.03. The molecule has 0 spiro atoms. The number of carbonyl (C=O) groups excluding carboxylic acids is 1. The van der Waals surface area contributed by atoms with Crippen molar-refractivity contribution in [2.24, 2.45) is 5.92 Å². The third-order valence-corrected chi connectivity index (χ3v) is 4.53. The highest BCUT2D eigenvalue weighted by atomic mass is 32.2. The molecule has 2 atom stereocenters. The maximum Gasteiger partial charge on any atom is 0.137 e. The van der Waals surface area contributed by atoms with Gasteiger partial charge in [-0.2, -0.15) is 11.8 Å². The summed E-state index contributed by atoms with van der Waals surface area (Å²) in [4.78, 5) is 11.6. The number of ketones is 1. The molecule has 2 heteroatoms. The summed E-state index contributed by atoms with van der Waals surface area (Å²) in [5.41, 5.74) is 0. The number of hydrogen-bond donors (Lipinski definition) is 0. The summed E-state index contributed by atoms with van der Waals surface area (Å²) in [5, 5.41) is 0.692. The van der Waals surface area contributed by atoms with Crippen LogP contribution < -0.4 is 0 Å². The number of thioether (sulfide) groups is 1. The van der Waals surface area contributed by atoms with Crippen molar-refractivity contribution < 1.29 is 4.79 Å². The van der Waals surface area contributed by atoms with Crippen molar-refractivity contribution in [2.45, 2.75) is 43.8 Å². The number of Topliss-reactive ketones (excluding diaryl/α,β-unsaturated/α-hetero) is 1. The van der Waals surface area contributed by atoms with Crippen LogP contribution in [0.5, 0.6) is 0 Å². The molecule has 0 aromatic heterocycles. The monoisotopic (exact) mass is 184 g/mol. The van der Waals surface area contributed by atoms with Crippen LogP contribution in [0.3, 0.4) is 0 Å². The van der Waals surface area contributed by atoms with Crippen LogP contribution in [0.1, 0.15) is 38.5 Å². The lowest BCUT2D eigenvalue weighted by atomic mass is 9.84. The molecule has 1 saturated heterocycles. The Morgan fingerprint density at radius 3 is 2.75 bits per heavy atom. The summed E-state index contributed by atoms with van der Waals surface area (Å²) < 4.78 is 0. The van der Waals surface area contributed by atoms with E-state index < -0.39 is 0 Å². The zero-order chi connectivity index (χ0) is 8.39. The average Bonchev–Trinajstić information content (AvgIpc) is 2.57. The molecule has 2 unspecified atom stereocenters. The van der Waals surface area contributed by atoms with Gasteiger partial charge in [0.2, 0.25) is 0 Å². The van der Waals surface area contributed by atoms with E-state index in [2.05, 4.69) is 0 Å². The van der Waals surface area contributed by atoms with Gasteiger partial charge in [0, 0.05) is 17.6 Å². The lowest BCUT2D eigenvalue weighted by molar-refractivity contribution is -0.124. The normalized spacial score (nSPS) is 37.2. The van der Waals surface area contributed by atoms with Crippen LogP contribution in [0.2, 0.25) is 0 Å². The Hall–Kier alpha value is 0.0200. The fourth-order valence-corrected chi connectivity index (χ4v) is 3.81. The maximum atomic E-state index is 11.6. The van der Waals surface area contributed by atoms with Gasteiger partial charge in [-0.1, -0.05) is 6.42 Å². The highest BCUT2D eigenvalue weighted by Gasteiger charge is 2.32. The van der Waals surface area contributed by atoms with Gasteiger partial charge in [-0.05, 0) is 31.4 Å². The standard InChI is InChI=1S/C10H16OS/c11-9-5-2-1-4-8(9)10-6-3-7-12-10/h8,10H,1-7H2. The highest BCUT2D eigenvalue weighted by Crippen LogP contribution is 2.37. The molecule has 1 saturated carbocycles. The molecule has 68 valence electrons. The van der Waals surface area contributed by atoms with E-state index in [-0.39, 0.29) is 0 Å². The average molecular weight is 184 g/mol. The van der Waals surface area contributed by atoms with Gasteiger partial charge in [-0.3, -0.25) is 4.79 Å². The summed E-state index contributed by atoms with van der Waals surface area (Å²) in [6.07, 6.45) is 7.10. The minimum atomic E-state index is 0.436. The fraction of sp³-hybridized carbons (Fsp3) is 0.900. The van der Waals surface area contributed by atoms with Crippen LogP contribution in [-0.4, -0.2) is 16.8 Å². The Kier molecular flexibility index (Phi) is 2.74. The molecule has 2 aliphatic rings. The van der Waals surface area contributed by atoms with E-state index in [0.29, 0.717) is 17.0 Å². The van der Waals surface area contributed by atoms with Gasteiger partial charge < -0.3 is 0 Å². The molecule has 0 aromatic rings. The van der Waals surface area contributed by atoms with Gasteiger partial charge in [-0.25, -0.2) is 0 Å². The molecule has 0 radical (unpaired) electrons. The Morgan fingerprint density at radius 2 is 2.08 bits per heavy atom. The second-order valence-electron chi connectivity index (χ2n) is 3.87. The lowest BCUT2D eigenvalue weighted by Gasteiger charge is -2.25. The fourth-order valence-electron chi connectivity index (χ4n) is 2.32. The topological polar surface area (TPSA) is 17.1 Å². The number of carbonyl (C=O) groups is 1. The molecular formula is C10H16OS. The van der Waals surface area contributed by atoms with E-state index in [4.69, 9.17) is 0 Å². The first-order valence-electron chi connectivity index (χ1n) is 5.02. The second-order valence-corrected chi connectivity index (χ2v) is 5.22. The first-order chi connectivity index (χ1) is 5.88. The predicted octanol–water partition coefficient (Wildman–Crippen LogP) is 2.64. The smallest absolute Gasteiger partial charge is 0.137 e. The molecular weight excluding hydrogens is 168 g/mol. The Labute approximate surface area is 78.3 Å². The third-order valence-electron chi connectivity index (χ3n) is 3.02. The second kappa shape index (κ2) is 3.82. The van der Waals surface area contributed by atoms with Gasteiger partial charge in [0.15, 0.2) is 0 Å². The van der Waals surface area contributed by atoms with Crippen molar-refractivity contribution in [1.82, 2.24) is 0 Å². The first-order valence-corrected chi connectivity index (χ1v) is 6.07. The van der Waals surface area contributed by atoms with Crippen LogP contribution in [0, 0.1) is 5.92 Å². The Bertz CT molecular complexity index is 173. The van der Waals surface area contributed by atoms with Crippen molar-refractivity contribution >= 4 is 17.5 Å². The van der Waals surface area contributed by atoms with Gasteiger partial charge in [-0.15, -0.1) is 0 Å². The molecule has 1 heterocycles. The molecule has 1 nitrogen and oxygen atoms in total. The summed E-state index contributed by atoms with van der Waals surface area (Å²) in [6.45, 7) is 0. The molecule has 2 rings (SSSR count). The van der Waals surface area contributed by atoms with E-state index >= 15 is 0 Å². The summed E-state index contributed by atoms with van der Waals surface area (Å²) in [6, 6.07) is 0. The molecule has 1 aliphatic carbocycles. The number of rotatable bonds is 1. The van der Waals surface area contributed by atoms with Crippen LogP contribution in [0.15, 0.2) is 0 Å². The zero-order valence-corrected chi connectivity index (χ0v) is 8.24. The van der Waals surface area contributed by atoms with Crippen LogP contribution >= 0.6 is 11.8 Å². The van der Waals surface area contributed by atoms with Gasteiger partial charge in [0.05, 0.1) is 0 Å². The summed E-state index contributed by atoms with van der Waals surface area (Å²) in [7, 11) is 0. The van der Waals surface area contributed by atoms with Crippen molar-refractivity contribution in [3.63, 3.8) is 0 Å². The lowest BCUT2D eigenvalue weighted by Crippen LogP contribution is -2.27. The van der Waals surface area contributed by atoms with Crippen molar-refractivity contribution in [1.29, 1.82) is 0 Å². The molecule has 0 bridgehead atoms. The Morgan fingerprint density at radius 1 is 1.17 bits per heavy atom. The van der Waals surface area contributed by atoms with Crippen molar-refractivity contribution in [3.05, 3.63) is 0 Å². The maximum absolute atomic E-state index is 11.6. The van der Waals surface area contributed by atoms with Gasteiger partial charge >= 0.3 is 0 Å². The van der Waals surface area contributed by atoms with Gasteiger partial charge in [0.1, 0.15) is 5.78 Å². The van der Waals surface area contributed by atoms with Crippen molar-refractivity contribution in [3.8, 4) is 0 Å². The zero-order valence-electron chi connectivity index (χ0n) is 7.42. The third kappa shape index (κ3) is 1.68. The van der Waals surface area contributed by atoms with Crippen LogP contribution in [-0.2, 0) is 4.79 Å². The van der Waals surface area contributed by atoms with E-state index in [9.17, 15) is 4.79 Å². The minimum Gasteiger partial charge on any atom is -0.299 e. The SMILES string of the molecule is O=C1CCCCC1C1CCCS1. The predicted molar refractivity (Wildman–Crippen MR) is 52.4 cm³/mol. The molecule has 2 fully saturated rings. The van der Waals surface area contributed by atoms with Gasteiger partial charge in [0.25, 0.3) is 0 Å². The highest BCUT2D eigenvalue weighted by molar-refractivity contribution is 8.00. The quantitative estimate of drug-likeness (QED) is 0.623. The van der Waals surface area contributed by atoms with E-state index in [1.54, 1.807) is 0 Å². The van der Waals surface area contributed by atoms with Crippen LogP contribution in [0.4, 0.5) is 0 Å². The summed E-state index contributed by atoms with van der Waals surface area (Å²) in [5.74, 6) is 2.28. The van der Waals surface area contributed by atoms with E-state index in [0.717, 1.165) is 12.8 Å². The molecule has 0 N–H and O–H groups in total. The number of hydrogen-bond acceptors (Lipinski definition) is 2. The molecule has 12 heavy (non-hydrogen) atoms. The van der Waals surface area contributed by atoms with Crippen LogP contribution in [0.25, 0.3) is 0 Å². The molecule has 0 aromatic carbocycles. The molecule has 0 amide bonds. The van der Waals surface area contributed by atoms with Crippen molar-refractivity contribution in [2.75, 3.05) is 5.75 Å². The largest absolute Gasteiger partial charge is 0.299 e. The molecule has 1 aliphatic heterocycles. The minimum absolute atomic E-state index is 0.436. The Balaban J connectivity index is 1.95.